The summed E-state index contributed by atoms with van der Waals surface area (Å²) < 4.78 is 15.1. The van der Waals surface area contributed by atoms with Gasteiger partial charge < -0.3 is 14.8 Å². The van der Waals surface area contributed by atoms with Crippen LogP contribution >= 0.6 is 0 Å². The van der Waals surface area contributed by atoms with Gasteiger partial charge in [-0.15, -0.1) is 0 Å². The second kappa shape index (κ2) is 5.19. The summed E-state index contributed by atoms with van der Waals surface area (Å²) in [5, 5.41) is 13.2. The van der Waals surface area contributed by atoms with Crippen molar-refractivity contribution in [3.05, 3.63) is 39.9 Å². The predicted molar refractivity (Wildman–Crippen MR) is 78.9 cm³/mol. The van der Waals surface area contributed by atoms with Crippen molar-refractivity contribution in [3.8, 4) is 6.07 Å². The van der Waals surface area contributed by atoms with Gasteiger partial charge in [-0.05, 0) is 18.2 Å². The molecule has 108 valence electrons. The number of aryl methyl sites for hydroxylation is 1. The number of hydrogen-bond acceptors (Lipinski definition) is 4. The van der Waals surface area contributed by atoms with E-state index in [0.29, 0.717) is 29.7 Å². The fourth-order valence-electron chi connectivity index (χ4n) is 2.82. The molecule has 1 saturated heterocycles. The summed E-state index contributed by atoms with van der Waals surface area (Å²) in [6.45, 7) is 2.93. The van der Waals surface area contributed by atoms with Crippen molar-refractivity contribution in [2.75, 3.05) is 31.1 Å². The van der Waals surface area contributed by atoms with Gasteiger partial charge in [0.2, 0.25) is 0 Å². The fraction of sp³-hybridized carbons (Fsp3) is 0.333. The molecule has 0 spiro atoms. The van der Waals surface area contributed by atoms with Gasteiger partial charge in [0.15, 0.2) is 0 Å². The Morgan fingerprint density at radius 1 is 1.33 bits per heavy atom. The van der Waals surface area contributed by atoms with Crippen molar-refractivity contribution in [1.29, 1.82) is 5.26 Å². The molecule has 0 atom stereocenters. The number of pyridine rings is 1. The zero-order chi connectivity index (χ0) is 15.0. The molecule has 0 radical (unpaired) electrons. The summed E-state index contributed by atoms with van der Waals surface area (Å²) in [6.07, 6.45) is 0. The van der Waals surface area contributed by atoms with Gasteiger partial charge in [-0.1, -0.05) is 0 Å². The van der Waals surface area contributed by atoms with Crippen molar-refractivity contribution >= 4 is 16.6 Å². The zero-order valence-corrected chi connectivity index (χ0v) is 11.7. The first-order chi connectivity index (χ1) is 10.1. The highest BCUT2D eigenvalue weighted by Gasteiger charge is 2.21. The van der Waals surface area contributed by atoms with Gasteiger partial charge in [0.25, 0.3) is 5.56 Å². The van der Waals surface area contributed by atoms with Gasteiger partial charge in [0.1, 0.15) is 17.4 Å². The third-order valence-electron chi connectivity index (χ3n) is 3.88. The smallest absolute Gasteiger partial charge is 0.270 e. The minimum atomic E-state index is -0.374. The first-order valence-corrected chi connectivity index (χ1v) is 6.81. The second-order valence-corrected chi connectivity index (χ2v) is 5.10. The molecule has 6 heteroatoms. The molecule has 0 aliphatic carbocycles. The first-order valence-electron chi connectivity index (χ1n) is 6.81. The van der Waals surface area contributed by atoms with Crippen LogP contribution in [0, 0.1) is 17.1 Å². The van der Waals surface area contributed by atoms with Crippen LogP contribution in [-0.2, 0) is 7.05 Å². The van der Waals surface area contributed by atoms with E-state index in [1.54, 1.807) is 13.1 Å². The van der Waals surface area contributed by atoms with Crippen molar-refractivity contribution in [1.82, 2.24) is 9.88 Å². The Labute approximate surface area is 121 Å². The van der Waals surface area contributed by atoms with Crippen LogP contribution in [0.1, 0.15) is 5.56 Å². The van der Waals surface area contributed by atoms with Crippen LogP contribution in [0.5, 0.6) is 0 Å². The number of rotatable bonds is 1. The number of hydrogen-bond donors (Lipinski definition) is 1. The minimum absolute atomic E-state index is 0.0810. The van der Waals surface area contributed by atoms with Crippen LogP contribution in [0.2, 0.25) is 0 Å². The highest BCUT2D eigenvalue weighted by atomic mass is 19.1. The summed E-state index contributed by atoms with van der Waals surface area (Å²) >= 11 is 0. The molecule has 0 unspecified atom stereocenters. The first kappa shape index (κ1) is 13.6. The fourth-order valence-corrected chi connectivity index (χ4v) is 2.82. The SMILES string of the molecule is Cn1c(=O)c(C#N)c(N2CCNCC2)c2cc(F)ccc21. The number of piperazine rings is 1. The lowest BCUT2D eigenvalue weighted by Crippen LogP contribution is -2.44. The van der Waals surface area contributed by atoms with Crippen LogP contribution in [0.3, 0.4) is 0 Å². The van der Waals surface area contributed by atoms with E-state index in [-0.39, 0.29) is 16.9 Å². The Hall–Kier alpha value is -2.39. The van der Waals surface area contributed by atoms with Crippen LogP contribution in [-0.4, -0.2) is 30.7 Å². The Balaban J connectivity index is 2.39. The number of halogens is 1. The molecule has 1 aliphatic heterocycles. The van der Waals surface area contributed by atoms with Gasteiger partial charge in [0, 0.05) is 38.6 Å². The molecule has 1 aromatic carbocycles. The average Bonchev–Trinajstić information content (AvgIpc) is 2.51. The van der Waals surface area contributed by atoms with E-state index >= 15 is 0 Å². The van der Waals surface area contributed by atoms with Gasteiger partial charge in [-0.3, -0.25) is 4.79 Å². The lowest BCUT2D eigenvalue weighted by molar-refractivity contribution is 0.589. The van der Waals surface area contributed by atoms with Gasteiger partial charge in [-0.25, -0.2) is 4.39 Å². The molecule has 21 heavy (non-hydrogen) atoms. The largest absolute Gasteiger partial charge is 0.367 e. The third-order valence-corrected chi connectivity index (χ3v) is 3.88. The number of nitrogens with zero attached hydrogens (tertiary/aromatic N) is 3. The zero-order valence-electron chi connectivity index (χ0n) is 11.7. The Morgan fingerprint density at radius 3 is 2.71 bits per heavy atom. The van der Waals surface area contributed by atoms with Crippen molar-refractivity contribution in [2.45, 2.75) is 0 Å². The monoisotopic (exact) mass is 286 g/mol. The maximum absolute atomic E-state index is 13.7. The van der Waals surface area contributed by atoms with Gasteiger partial charge in [0.05, 0.1) is 11.2 Å². The lowest BCUT2D eigenvalue weighted by Gasteiger charge is -2.31. The van der Waals surface area contributed by atoms with Crippen molar-refractivity contribution in [3.63, 3.8) is 0 Å². The van der Waals surface area contributed by atoms with Crippen molar-refractivity contribution in [2.24, 2.45) is 7.05 Å². The van der Waals surface area contributed by atoms with E-state index in [1.165, 1.54) is 16.7 Å². The molecule has 1 aromatic heterocycles. The van der Waals surface area contributed by atoms with E-state index in [9.17, 15) is 14.4 Å². The van der Waals surface area contributed by atoms with Crippen LogP contribution < -0.4 is 15.8 Å². The molecule has 5 nitrogen and oxygen atoms in total. The van der Waals surface area contributed by atoms with E-state index < -0.39 is 0 Å². The number of benzene rings is 1. The average molecular weight is 286 g/mol. The molecule has 2 aromatic rings. The van der Waals surface area contributed by atoms with E-state index in [1.807, 2.05) is 11.0 Å². The maximum Gasteiger partial charge on any atom is 0.270 e. The van der Waals surface area contributed by atoms with Crippen LogP contribution in [0.4, 0.5) is 10.1 Å². The highest BCUT2D eigenvalue weighted by Crippen LogP contribution is 2.29. The minimum Gasteiger partial charge on any atom is -0.367 e. The molecule has 1 N–H and O–H groups in total. The second-order valence-electron chi connectivity index (χ2n) is 5.10. The molecular weight excluding hydrogens is 271 g/mol. The molecule has 0 amide bonds. The van der Waals surface area contributed by atoms with Crippen LogP contribution in [0.15, 0.2) is 23.0 Å². The summed E-state index contributed by atoms with van der Waals surface area (Å²) in [4.78, 5) is 14.4. The van der Waals surface area contributed by atoms with Crippen molar-refractivity contribution < 1.29 is 4.39 Å². The molecule has 3 rings (SSSR count). The maximum atomic E-state index is 13.7. The number of fused-ring (bicyclic) bond motifs is 1. The van der Waals surface area contributed by atoms with Gasteiger partial charge >= 0.3 is 0 Å². The molecule has 0 bridgehead atoms. The summed E-state index contributed by atoms with van der Waals surface area (Å²) in [6, 6.07) is 6.30. The summed E-state index contributed by atoms with van der Waals surface area (Å²) in [5.74, 6) is -0.374. The molecule has 1 fully saturated rings. The molecular formula is C15H15FN4O. The van der Waals surface area contributed by atoms with Gasteiger partial charge in [-0.2, -0.15) is 5.26 Å². The normalized spacial score (nSPS) is 15.2. The Kier molecular flexibility index (Phi) is 3.35. The molecule has 0 saturated carbocycles. The topological polar surface area (TPSA) is 61.1 Å². The summed E-state index contributed by atoms with van der Waals surface area (Å²) in [5.41, 5.74) is 0.924. The Bertz CT molecular complexity index is 800. The number of anilines is 1. The van der Waals surface area contributed by atoms with E-state index in [2.05, 4.69) is 5.32 Å². The molecule has 2 heterocycles. The number of nitrogens with one attached hydrogen (secondary N) is 1. The quantitative estimate of drug-likeness (QED) is 0.848. The predicted octanol–water partition coefficient (Wildman–Crippen LogP) is 0.959. The van der Waals surface area contributed by atoms with Crippen LogP contribution in [0.25, 0.3) is 10.9 Å². The summed E-state index contributed by atoms with van der Waals surface area (Å²) in [7, 11) is 1.60. The van der Waals surface area contributed by atoms with E-state index in [0.717, 1.165) is 13.1 Å². The molecule has 1 aliphatic rings. The third kappa shape index (κ3) is 2.16. The standard InChI is InChI=1S/C15H15FN4O/c1-19-13-3-2-10(16)8-11(13)14(12(9-17)15(19)21)20-6-4-18-5-7-20/h2-3,8,18H,4-7H2,1H3. The Morgan fingerprint density at radius 2 is 2.05 bits per heavy atom. The number of aromatic nitrogens is 1. The highest BCUT2D eigenvalue weighted by molar-refractivity contribution is 5.95. The van der Waals surface area contributed by atoms with E-state index in [4.69, 9.17) is 0 Å². The number of nitriles is 1. The lowest BCUT2D eigenvalue weighted by atomic mass is 10.1.